The minimum Gasteiger partial charge on any atom is -0.381 e. The van der Waals surface area contributed by atoms with Gasteiger partial charge < -0.3 is 15.4 Å². The van der Waals surface area contributed by atoms with Crippen LogP contribution in [0.15, 0.2) is 18.3 Å². The molecule has 5 heteroatoms. The number of rotatable bonds is 4. The van der Waals surface area contributed by atoms with Gasteiger partial charge in [-0.05, 0) is 18.6 Å². The highest BCUT2D eigenvalue weighted by Gasteiger charge is 2.16. The van der Waals surface area contributed by atoms with Gasteiger partial charge in [0.1, 0.15) is 5.82 Å². The van der Waals surface area contributed by atoms with Crippen LogP contribution in [0.25, 0.3) is 0 Å². The van der Waals surface area contributed by atoms with E-state index in [1.54, 1.807) is 25.4 Å². The Labute approximate surface area is 101 Å². The fourth-order valence-electron chi connectivity index (χ4n) is 1.79. The maximum Gasteiger partial charge on any atom is 0.251 e. The van der Waals surface area contributed by atoms with Crippen LogP contribution in [-0.4, -0.2) is 37.7 Å². The van der Waals surface area contributed by atoms with Crippen molar-refractivity contribution < 1.29 is 9.53 Å². The molecule has 2 N–H and O–H groups in total. The van der Waals surface area contributed by atoms with Crippen LogP contribution in [0.4, 0.5) is 5.82 Å². The number of aromatic nitrogens is 1. The van der Waals surface area contributed by atoms with E-state index >= 15 is 0 Å². The summed E-state index contributed by atoms with van der Waals surface area (Å²) in [7, 11) is 1.78. The molecule has 5 nitrogen and oxygen atoms in total. The molecule has 0 bridgehead atoms. The zero-order valence-corrected chi connectivity index (χ0v) is 9.90. The van der Waals surface area contributed by atoms with Gasteiger partial charge in [0.2, 0.25) is 0 Å². The molecule has 17 heavy (non-hydrogen) atoms. The Kier molecular flexibility index (Phi) is 3.93. The zero-order valence-electron chi connectivity index (χ0n) is 9.90. The maximum atomic E-state index is 11.9. The lowest BCUT2D eigenvalue weighted by Crippen LogP contribution is -2.29. The van der Waals surface area contributed by atoms with Crippen molar-refractivity contribution in [1.82, 2.24) is 10.3 Å². The average Bonchev–Trinajstić information content (AvgIpc) is 2.89. The Bertz CT molecular complexity index is 389. The fourth-order valence-corrected chi connectivity index (χ4v) is 1.79. The predicted molar refractivity (Wildman–Crippen MR) is 65.0 cm³/mol. The first-order valence-corrected chi connectivity index (χ1v) is 5.79. The summed E-state index contributed by atoms with van der Waals surface area (Å²) in [6, 6.07) is 3.45. The quantitative estimate of drug-likeness (QED) is 0.813. The molecule has 0 aromatic carbocycles. The van der Waals surface area contributed by atoms with Gasteiger partial charge >= 0.3 is 0 Å². The van der Waals surface area contributed by atoms with Crippen molar-refractivity contribution >= 4 is 11.7 Å². The number of carbonyl (C=O) groups excluding carboxylic acids is 1. The van der Waals surface area contributed by atoms with Crippen molar-refractivity contribution in [3.05, 3.63) is 23.9 Å². The van der Waals surface area contributed by atoms with Gasteiger partial charge in [-0.3, -0.25) is 4.79 Å². The molecule has 0 aliphatic carbocycles. The van der Waals surface area contributed by atoms with Gasteiger partial charge in [0.05, 0.1) is 6.61 Å². The number of nitrogens with zero attached hydrogens (tertiary/aromatic N) is 1. The summed E-state index contributed by atoms with van der Waals surface area (Å²) in [6.07, 6.45) is 2.65. The number of carbonyl (C=O) groups is 1. The van der Waals surface area contributed by atoms with Gasteiger partial charge in [0.25, 0.3) is 5.91 Å². The number of anilines is 1. The predicted octanol–water partition coefficient (Wildman–Crippen LogP) is 0.890. The molecular formula is C12H17N3O2. The summed E-state index contributed by atoms with van der Waals surface area (Å²) in [6.45, 7) is 2.23. The van der Waals surface area contributed by atoms with E-state index in [0.29, 0.717) is 23.8 Å². The second kappa shape index (κ2) is 5.63. The summed E-state index contributed by atoms with van der Waals surface area (Å²) in [5, 5.41) is 5.83. The number of hydrogen-bond donors (Lipinski definition) is 2. The highest BCUT2D eigenvalue weighted by atomic mass is 16.5. The zero-order chi connectivity index (χ0) is 12.1. The number of nitrogens with one attached hydrogen (secondary N) is 2. The standard InChI is InChI=1S/C12H17N3O2/c1-13-11-6-10(2-4-14-11)12(16)15-7-9-3-5-17-8-9/h2,4,6,9H,3,5,7-8H2,1H3,(H,13,14)(H,15,16). The molecule has 1 aliphatic rings. The third-order valence-electron chi connectivity index (χ3n) is 2.85. The molecule has 1 aromatic heterocycles. The Morgan fingerprint density at radius 1 is 1.65 bits per heavy atom. The Morgan fingerprint density at radius 2 is 2.53 bits per heavy atom. The molecule has 1 unspecified atom stereocenters. The van der Waals surface area contributed by atoms with Crippen molar-refractivity contribution in [3.8, 4) is 0 Å². The lowest BCUT2D eigenvalue weighted by molar-refractivity contribution is 0.0945. The molecule has 1 aliphatic heterocycles. The minimum absolute atomic E-state index is 0.0594. The molecule has 92 valence electrons. The van der Waals surface area contributed by atoms with Crippen molar-refractivity contribution in [3.63, 3.8) is 0 Å². The fraction of sp³-hybridized carbons (Fsp3) is 0.500. The van der Waals surface area contributed by atoms with E-state index in [1.807, 2.05) is 0 Å². The third-order valence-corrected chi connectivity index (χ3v) is 2.85. The highest BCUT2D eigenvalue weighted by molar-refractivity contribution is 5.94. The normalized spacial score (nSPS) is 19.0. The van der Waals surface area contributed by atoms with Gasteiger partial charge in [-0.2, -0.15) is 0 Å². The lowest BCUT2D eigenvalue weighted by Gasteiger charge is -2.09. The summed E-state index contributed by atoms with van der Waals surface area (Å²) >= 11 is 0. The van der Waals surface area contributed by atoms with E-state index in [2.05, 4.69) is 15.6 Å². The van der Waals surface area contributed by atoms with Crippen LogP contribution in [0.3, 0.4) is 0 Å². The Balaban J connectivity index is 1.89. The third kappa shape index (κ3) is 3.17. The Morgan fingerprint density at radius 3 is 3.24 bits per heavy atom. The molecule has 0 saturated carbocycles. The number of ether oxygens (including phenoxy) is 1. The van der Waals surface area contributed by atoms with Gasteiger partial charge in [0.15, 0.2) is 0 Å². The van der Waals surface area contributed by atoms with Crippen molar-refractivity contribution in [2.75, 3.05) is 32.1 Å². The smallest absolute Gasteiger partial charge is 0.251 e. The van der Waals surface area contributed by atoms with Crippen LogP contribution in [0.2, 0.25) is 0 Å². The first kappa shape index (κ1) is 11.9. The molecule has 0 spiro atoms. The SMILES string of the molecule is CNc1cc(C(=O)NCC2CCOC2)ccn1. The van der Waals surface area contributed by atoms with E-state index in [-0.39, 0.29) is 5.91 Å². The minimum atomic E-state index is -0.0594. The van der Waals surface area contributed by atoms with E-state index in [1.165, 1.54) is 0 Å². The van der Waals surface area contributed by atoms with Crippen LogP contribution in [0, 0.1) is 5.92 Å². The Hall–Kier alpha value is -1.62. The summed E-state index contributed by atoms with van der Waals surface area (Å²) < 4.78 is 5.26. The van der Waals surface area contributed by atoms with Gasteiger partial charge in [-0.15, -0.1) is 0 Å². The highest BCUT2D eigenvalue weighted by Crippen LogP contribution is 2.11. The van der Waals surface area contributed by atoms with Gasteiger partial charge in [-0.25, -0.2) is 4.98 Å². The van der Waals surface area contributed by atoms with Gasteiger partial charge in [-0.1, -0.05) is 0 Å². The maximum absolute atomic E-state index is 11.9. The molecule has 0 radical (unpaired) electrons. The first-order valence-electron chi connectivity index (χ1n) is 5.79. The average molecular weight is 235 g/mol. The first-order chi connectivity index (χ1) is 8.29. The van der Waals surface area contributed by atoms with E-state index in [4.69, 9.17) is 4.74 Å². The van der Waals surface area contributed by atoms with Crippen molar-refractivity contribution in [2.24, 2.45) is 5.92 Å². The molecule has 1 saturated heterocycles. The van der Waals surface area contributed by atoms with Crippen LogP contribution < -0.4 is 10.6 Å². The van der Waals surface area contributed by atoms with Crippen LogP contribution in [0.1, 0.15) is 16.8 Å². The molecule has 2 rings (SSSR count). The van der Waals surface area contributed by atoms with Gasteiger partial charge in [0, 0.05) is 37.9 Å². The molecule has 1 aromatic rings. The molecular weight excluding hydrogens is 218 g/mol. The molecule has 1 fully saturated rings. The van der Waals surface area contributed by atoms with Crippen LogP contribution in [0.5, 0.6) is 0 Å². The van der Waals surface area contributed by atoms with E-state index in [9.17, 15) is 4.79 Å². The second-order valence-electron chi connectivity index (χ2n) is 4.12. The topological polar surface area (TPSA) is 63.2 Å². The number of pyridine rings is 1. The van der Waals surface area contributed by atoms with Crippen molar-refractivity contribution in [2.45, 2.75) is 6.42 Å². The van der Waals surface area contributed by atoms with Crippen LogP contribution in [-0.2, 0) is 4.74 Å². The summed E-state index contributed by atoms with van der Waals surface area (Å²) in [5.41, 5.74) is 0.628. The summed E-state index contributed by atoms with van der Waals surface area (Å²) in [5.74, 6) is 1.09. The summed E-state index contributed by atoms with van der Waals surface area (Å²) in [4.78, 5) is 15.9. The van der Waals surface area contributed by atoms with Crippen molar-refractivity contribution in [1.29, 1.82) is 0 Å². The largest absolute Gasteiger partial charge is 0.381 e. The molecule has 1 amide bonds. The number of hydrogen-bond acceptors (Lipinski definition) is 4. The van der Waals surface area contributed by atoms with E-state index < -0.39 is 0 Å². The molecule has 2 heterocycles. The van der Waals surface area contributed by atoms with E-state index in [0.717, 1.165) is 19.6 Å². The monoisotopic (exact) mass is 235 g/mol. The number of amides is 1. The lowest BCUT2D eigenvalue weighted by atomic mass is 10.1. The molecule has 1 atom stereocenters. The van der Waals surface area contributed by atoms with Crippen LogP contribution >= 0.6 is 0 Å². The second-order valence-corrected chi connectivity index (χ2v) is 4.12.